The van der Waals surface area contributed by atoms with Gasteiger partial charge in [0.25, 0.3) is 0 Å². The van der Waals surface area contributed by atoms with Gasteiger partial charge in [0.15, 0.2) is 0 Å². The second-order valence-electron chi connectivity index (χ2n) is 9.11. The fourth-order valence-corrected chi connectivity index (χ4v) is 4.78. The molecule has 0 spiro atoms. The summed E-state index contributed by atoms with van der Waals surface area (Å²) in [6.45, 7) is 8.06. The summed E-state index contributed by atoms with van der Waals surface area (Å²) in [6, 6.07) is 13.4. The van der Waals surface area contributed by atoms with Crippen molar-refractivity contribution in [3.63, 3.8) is 0 Å². The first kappa shape index (κ1) is 23.2. The molecule has 1 aliphatic rings. The number of likely N-dealkylation sites (tertiary alicyclic amines) is 1. The number of carbonyl (C=O) groups excluding carboxylic acids is 2. The smallest absolute Gasteiger partial charge is 0.322 e. The number of piperidine rings is 1. The Morgan fingerprint density at radius 1 is 0.806 bits per heavy atom. The average Bonchev–Trinajstić information content (AvgIpc) is 2.63. The second-order valence-corrected chi connectivity index (χ2v) is 9.98. The van der Waals surface area contributed by atoms with E-state index in [2.05, 4.69) is 16.0 Å². The number of nitrogens with zero attached hydrogens (tertiary/aromatic N) is 1. The van der Waals surface area contributed by atoms with E-state index >= 15 is 0 Å². The Kier molecular flexibility index (Phi) is 6.72. The van der Waals surface area contributed by atoms with Gasteiger partial charge in [-0.25, -0.2) is 9.59 Å². The molecule has 8 heteroatoms. The first-order valence-corrected chi connectivity index (χ1v) is 10.9. The first-order valence-electron chi connectivity index (χ1n) is 10.2. The van der Waals surface area contributed by atoms with Gasteiger partial charge in [0, 0.05) is 38.5 Å². The van der Waals surface area contributed by atoms with Crippen LogP contribution in [-0.4, -0.2) is 34.1 Å². The van der Waals surface area contributed by atoms with Crippen LogP contribution in [0, 0.1) is 0 Å². The molecule has 3 rings (SSSR count). The number of rotatable bonds is 3. The molecular weight excluding hydrogens is 435 g/mol. The van der Waals surface area contributed by atoms with E-state index in [0.29, 0.717) is 34.3 Å². The SMILES string of the molecule is CC1(C)CC(NC(=O)Nc2ccc(Cl)cc2)CC(C)(C)N1C(=O)Nc1ccc(Cl)cc1. The van der Waals surface area contributed by atoms with Gasteiger partial charge in [-0.1, -0.05) is 23.2 Å². The van der Waals surface area contributed by atoms with E-state index in [1.165, 1.54) is 0 Å². The van der Waals surface area contributed by atoms with Gasteiger partial charge in [0.1, 0.15) is 0 Å². The van der Waals surface area contributed by atoms with Crippen LogP contribution in [0.5, 0.6) is 0 Å². The standard InChI is InChI=1S/C23H28Cl2N4O2/c1-22(2)13-19(27-20(30)26-17-9-5-15(24)6-10-17)14-23(3,4)29(22)21(31)28-18-11-7-16(25)8-12-18/h5-12,19H,13-14H2,1-4H3,(H,28,31)(H2,26,27,30). The van der Waals surface area contributed by atoms with Crippen molar-refractivity contribution in [3.05, 3.63) is 58.6 Å². The molecular formula is C23H28Cl2N4O2. The Morgan fingerprint density at radius 3 is 1.68 bits per heavy atom. The molecule has 0 bridgehead atoms. The Bertz CT molecular complexity index is 925. The van der Waals surface area contributed by atoms with Gasteiger partial charge in [-0.3, -0.25) is 0 Å². The molecule has 31 heavy (non-hydrogen) atoms. The minimum atomic E-state index is -0.476. The van der Waals surface area contributed by atoms with Gasteiger partial charge < -0.3 is 20.9 Å². The third-order valence-corrected chi connectivity index (χ3v) is 5.94. The van der Waals surface area contributed by atoms with Crippen LogP contribution in [0.4, 0.5) is 21.0 Å². The Hall–Kier alpha value is -2.44. The van der Waals surface area contributed by atoms with Gasteiger partial charge in [-0.15, -0.1) is 0 Å². The summed E-state index contributed by atoms with van der Waals surface area (Å²) in [4.78, 5) is 27.5. The Morgan fingerprint density at radius 2 is 1.23 bits per heavy atom. The van der Waals surface area contributed by atoms with Crippen molar-refractivity contribution in [3.8, 4) is 0 Å². The van der Waals surface area contributed by atoms with E-state index in [9.17, 15) is 9.59 Å². The van der Waals surface area contributed by atoms with E-state index < -0.39 is 11.1 Å². The average molecular weight is 463 g/mol. The Balaban J connectivity index is 1.67. The van der Waals surface area contributed by atoms with E-state index in [0.717, 1.165) is 0 Å². The van der Waals surface area contributed by atoms with Crippen LogP contribution >= 0.6 is 23.2 Å². The minimum Gasteiger partial charge on any atom is -0.335 e. The van der Waals surface area contributed by atoms with Crippen LogP contribution in [0.1, 0.15) is 40.5 Å². The zero-order valence-electron chi connectivity index (χ0n) is 18.1. The highest BCUT2D eigenvalue weighted by Crippen LogP contribution is 2.39. The summed E-state index contributed by atoms with van der Waals surface area (Å²) in [5.41, 5.74) is 0.399. The van der Waals surface area contributed by atoms with Crippen LogP contribution in [-0.2, 0) is 0 Å². The van der Waals surface area contributed by atoms with E-state index in [4.69, 9.17) is 23.2 Å². The molecule has 1 saturated heterocycles. The molecule has 2 aromatic carbocycles. The highest BCUT2D eigenvalue weighted by molar-refractivity contribution is 6.31. The number of urea groups is 2. The molecule has 0 radical (unpaired) electrons. The zero-order valence-corrected chi connectivity index (χ0v) is 19.6. The van der Waals surface area contributed by atoms with Crippen LogP contribution in [0.2, 0.25) is 10.0 Å². The molecule has 1 heterocycles. The van der Waals surface area contributed by atoms with Gasteiger partial charge in [0.05, 0.1) is 0 Å². The van der Waals surface area contributed by atoms with Crippen LogP contribution in [0.15, 0.2) is 48.5 Å². The molecule has 3 N–H and O–H groups in total. The summed E-state index contributed by atoms with van der Waals surface area (Å²) in [5.74, 6) is 0. The third-order valence-electron chi connectivity index (χ3n) is 5.44. The topological polar surface area (TPSA) is 73.5 Å². The highest BCUT2D eigenvalue weighted by Gasteiger charge is 2.48. The van der Waals surface area contributed by atoms with Crippen molar-refractivity contribution in [1.29, 1.82) is 0 Å². The zero-order chi connectivity index (χ0) is 22.8. The molecule has 1 fully saturated rings. The van der Waals surface area contributed by atoms with Gasteiger partial charge in [0.2, 0.25) is 0 Å². The number of hydrogen-bond acceptors (Lipinski definition) is 2. The lowest BCUT2D eigenvalue weighted by Crippen LogP contribution is -2.67. The molecule has 166 valence electrons. The summed E-state index contributed by atoms with van der Waals surface area (Å²) >= 11 is 11.8. The van der Waals surface area contributed by atoms with Crippen molar-refractivity contribution >= 4 is 46.6 Å². The highest BCUT2D eigenvalue weighted by atomic mass is 35.5. The predicted molar refractivity (Wildman–Crippen MR) is 127 cm³/mol. The minimum absolute atomic E-state index is 0.0862. The van der Waals surface area contributed by atoms with Gasteiger partial charge >= 0.3 is 12.1 Å². The lowest BCUT2D eigenvalue weighted by molar-refractivity contribution is 0.00426. The number of nitrogens with one attached hydrogen (secondary N) is 3. The van der Waals surface area contributed by atoms with Gasteiger partial charge in [-0.2, -0.15) is 0 Å². The molecule has 6 nitrogen and oxygen atoms in total. The fourth-order valence-electron chi connectivity index (χ4n) is 4.53. The summed E-state index contributed by atoms with van der Waals surface area (Å²) in [5, 5.41) is 10.1. The largest absolute Gasteiger partial charge is 0.335 e. The molecule has 4 amide bonds. The third kappa shape index (κ3) is 5.83. The summed E-state index contributed by atoms with van der Waals surface area (Å²) < 4.78 is 0. The monoisotopic (exact) mass is 462 g/mol. The van der Waals surface area contributed by atoms with Crippen molar-refractivity contribution in [2.45, 2.75) is 57.7 Å². The van der Waals surface area contributed by atoms with Crippen LogP contribution < -0.4 is 16.0 Å². The Labute approximate surface area is 193 Å². The lowest BCUT2D eigenvalue weighted by atomic mass is 9.77. The van der Waals surface area contributed by atoms with E-state index in [1.54, 1.807) is 48.5 Å². The van der Waals surface area contributed by atoms with Crippen LogP contribution in [0.3, 0.4) is 0 Å². The second kappa shape index (κ2) is 8.97. The quantitative estimate of drug-likeness (QED) is 0.495. The number of anilines is 2. The fraction of sp³-hybridized carbons (Fsp3) is 0.391. The maximum absolute atomic E-state index is 13.2. The molecule has 2 aromatic rings. The maximum Gasteiger partial charge on any atom is 0.322 e. The number of carbonyl (C=O) groups is 2. The summed E-state index contributed by atoms with van der Waals surface area (Å²) in [7, 11) is 0. The molecule has 0 aliphatic carbocycles. The molecule has 0 aromatic heterocycles. The number of amides is 4. The van der Waals surface area contributed by atoms with E-state index in [-0.39, 0.29) is 18.1 Å². The van der Waals surface area contributed by atoms with Crippen molar-refractivity contribution < 1.29 is 9.59 Å². The van der Waals surface area contributed by atoms with Crippen molar-refractivity contribution in [1.82, 2.24) is 10.2 Å². The number of hydrogen-bond donors (Lipinski definition) is 3. The predicted octanol–water partition coefficient (Wildman–Crippen LogP) is 6.37. The van der Waals surface area contributed by atoms with Gasteiger partial charge in [-0.05, 0) is 89.1 Å². The van der Waals surface area contributed by atoms with Crippen LogP contribution in [0.25, 0.3) is 0 Å². The number of benzene rings is 2. The summed E-state index contributed by atoms with van der Waals surface area (Å²) in [6.07, 6.45) is 1.25. The first-order chi connectivity index (χ1) is 14.5. The maximum atomic E-state index is 13.2. The van der Waals surface area contributed by atoms with Crippen molar-refractivity contribution in [2.24, 2.45) is 0 Å². The molecule has 0 atom stereocenters. The molecule has 1 aliphatic heterocycles. The van der Waals surface area contributed by atoms with Crippen molar-refractivity contribution in [2.75, 3.05) is 10.6 Å². The normalized spacial score (nSPS) is 17.7. The lowest BCUT2D eigenvalue weighted by Gasteiger charge is -2.55. The molecule has 0 unspecified atom stereocenters. The number of halogens is 2. The molecule has 0 saturated carbocycles. The van der Waals surface area contributed by atoms with E-state index in [1.807, 2.05) is 32.6 Å².